The van der Waals surface area contributed by atoms with Gasteiger partial charge in [-0.3, -0.25) is 19.3 Å². The van der Waals surface area contributed by atoms with Crippen LogP contribution in [-0.2, 0) is 9.59 Å². The second kappa shape index (κ2) is 7.22. The Hall–Kier alpha value is -2.37. The molecule has 4 rings (SSSR count). The van der Waals surface area contributed by atoms with E-state index in [4.69, 9.17) is 4.74 Å². The van der Waals surface area contributed by atoms with E-state index in [1.165, 1.54) is 37.5 Å². The summed E-state index contributed by atoms with van der Waals surface area (Å²) < 4.78 is 5.65. The van der Waals surface area contributed by atoms with Gasteiger partial charge in [-0.2, -0.15) is 0 Å². The highest BCUT2D eigenvalue weighted by Gasteiger charge is 2.42. The first-order chi connectivity index (χ1) is 13.3. The number of amides is 2. The molecule has 5 atom stereocenters. The molecule has 0 saturated heterocycles. The predicted octanol–water partition coefficient (Wildman–Crippen LogP) is 2.94. The lowest BCUT2D eigenvalue weighted by Crippen LogP contribution is -2.51. The Morgan fingerprint density at radius 1 is 1.29 bits per heavy atom. The monoisotopic (exact) mass is 384 g/mol. The molecule has 5 unspecified atom stereocenters. The van der Waals surface area contributed by atoms with Gasteiger partial charge in [0.25, 0.3) is 5.91 Å². The van der Waals surface area contributed by atoms with Crippen molar-refractivity contribution in [1.29, 1.82) is 0 Å². The van der Waals surface area contributed by atoms with Crippen LogP contribution in [0.2, 0.25) is 0 Å². The van der Waals surface area contributed by atoms with Crippen molar-refractivity contribution in [2.45, 2.75) is 58.6 Å². The fourth-order valence-corrected chi connectivity index (χ4v) is 5.25. The van der Waals surface area contributed by atoms with E-state index in [1.54, 1.807) is 25.1 Å². The molecule has 0 radical (unpaired) electrons. The van der Waals surface area contributed by atoms with E-state index in [1.807, 2.05) is 0 Å². The summed E-state index contributed by atoms with van der Waals surface area (Å²) in [7, 11) is 0. The van der Waals surface area contributed by atoms with Crippen molar-refractivity contribution in [3.63, 3.8) is 0 Å². The molecule has 0 aromatic heterocycles. The number of benzene rings is 1. The molecule has 1 aromatic carbocycles. The van der Waals surface area contributed by atoms with Gasteiger partial charge >= 0.3 is 0 Å². The van der Waals surface area contributed by atoms with Gasteiger partial charge in [-0.1, -0.05) is 6.42 Å². The van der Waals surface area contributed by atoms with E-state index in [0.29, 0.717) is 22.9 Å². The lowest BCUT2D eigenvalue weighted by Gasteiger charge is -2.34. The summed E-state index contributed by atoms with van der Waals surface area (Å²) in [6, 6.07) is 5.12. The molecule has 150 valence electrons. The zero-order chi connectivity index (χ0) is 20.0. The van der Waals surface area contributed by atoms with Gasteiger partial charge in [0, 0.05) is 11.6 Å². The summed E-state index contributed by atoms with van der Waals surface area (Å²) >= 11 is 0. The summed E-state index contributed by atoms with van der Waals surface area (Å²) in [4.78, 5) is 38.6. The number of nitrogens with zero attached hydrogens (tertiary/aromatic N) is 1. The highest BCUT2D eigenvalue weighted by molar-refractivity contribution is 6.05. The average Bonchev–Trinajstić information content (AvgIpc) is 3.28. The number of ketones is 1. The summed E-state index contributed by atoms with van der Waals surface area (Å²) in [5.41, 5.74) is 0.976. The number of Topliss-reactive ketones (excluding diaryl/α,β-unsaturated/α-hetero) is 1. The molecule has 1 heterocycles. The van der Waals surface area contributed by atoms with Crippen LogP contribution >= 0.6 is 0 Å². The Kier molecular flexibility index (Phi) is 4.89. The molecular formula is C22H28N2O4. The number of nitrogens with one attached hydrogen (secondary N) is 1. The molecule has 6 heteroatoms. The van der Waals surface area contributed by atoms with Gasteiger partial charge in [-0.05, 0) is 76.0 Å². The van der Waals surface area contributed by atoms with Crippen molar-refractivity contribution < 1.29 is 19.1 Å². The molecule has 1 aliphatic heterocycles. The van der Waals surface area contributed by atoms with E-state index in [0.717, 1.165) is 11.8 Å². The van der Waals surface area contributed by atoms with Crippen LogP contribution in [0.25, 0.3) is 0 Å². The van der Waals surface area contributed by atoms with Crippen molar-refractivity contribution >= 4 is 23.3 Å². The molecule has 2 fully saturated rings. The van der Waals surface area contributed by atoms with Gasteiger partial charge in [0.1, 0.15) is 12.3 Å². The number of carbonyl (C=O) groups is 3. The lowest BCUT2D eigenvalue weighted by molar-refractivity contribution is -0.128. The van der Waals surface area contributed by atoms with Gasteiger partial charge in [0.15, 0.2) is 11.9 Å². The average molecular weight is 384 g/mol. The zero-order valence-corrected chi connectivity index (χ0v) is 16.7. The molecule has 6 nitrogen and oxygen atoms in total. The highest BCUT2D eigenvalue weighted by Crippen LogP contribution is 2.49. The minimum atomic E-state index is -0.661. The van der Waals surface area contributed by atoms with E-state index >= 15 is 0 Å². The molecule has 2 aliphatic carbocycles. The third-order valence-corrected chi connectivity index (χ3v) is 6.70. The highest BCUT2D eigenvalue weighted by atomic mass is 16.5. The quantitative estimate of drug-likeness (QED) is 0.792. The number of hydrogen-bond acceptors (Lipinski definition) is 4. The van der Waals surface area contributed by atoms with Crippen molar-refractivity contribution in [1.82, 2.24) is 5.32 Å². The number of anilines is 1. The summed E-state index contributed by atoms with van der Waals surface area (Å²) in [5.74, 6) is 2.08. The third-order valence-electron chi connectivity index (χ3n) is 6.70. The van der Waals surface area contributed by atoms with Gasteiger partial charge in [0.2, 0.25) is 5.91 Å². The topological polar surface area (TPSA) is 75.7 Å². The fourth-order valence-electron chi connectivity index (χ4n) is 5.25. The fraction of sp³-hybridized carbons (Fsp3) is 0.591. The van der Waals surface area contributed by atoms with Gasteiger partial charge in [0.05, 0.1) is 5.69 Å². The van der Waals surface area contributed by atoms with E-state index in [-0.39, 0.29) is 30.2 Å². The normalized spacial score (nSPS) is 29.2. The van der Waals surface area contributed by atoms with Crippen LogP contribution in [0.4, 0.5) is 5.69 Å². The Labute approximate surface area is 165 Å². The molecule has 1 N–H and O–H groups in total. The second-order valence-electron chi connectivity index (χ2n) is 8.62. The first-order valence-corrected chi connectivity index (χ1v) is 10.3. The predicted molar refractivity (Wildman–Crippen MR) is 105 cm³/mol. The van der Waals surface area contributed by atoms with Gasteiger partial charge in [-0.15, -0.1) is 0 Å². The minimum Gasteiger partial charge on any atom is -0.479 e. The van der Waals surface area contributed by atoms with Crippen molar-refractivity contribution in [3.8, 4) is 5.75 Å². The second-order valence-corrected chi connectivity index (χ2v) is 8.62. The van der Waals surface area contributed by atoms with Crippen LogP contribution in [0.15, 0.2) is 18.2 Å². The molecule has 2 bridgehead atoms. The number of ether oxygens (including phenoxy) is 1. The largest absolute Gasteiger partial charge is 0.479 e. The first kappa shape index (κ1) is 19.0. The minimum absolute atomic E-state index is 0.0634. The van der Waals surface area contributed by atoms with Gasteiger partial charge in [-0.25, -0.2) is 0 Å². The number of fused-ring (bicyclic) bond motifs is 3. The third kappa shape index (κ3) is 3.40. The molecule has 1 aromatic rings. The summed E-state index contributed by atoms with van der Waals surface area (Å²) in [5, 5.41) is 3.12. The SMILES string of the molecule is CC(=O)c1ccc2c(c1)N(CC(=O)NC(C)C1CC3CCC1C3)C(=O)C(C)O2. The van der Waals surface area contributed by atoms with Crippen LogP contribution in [0.3, 0.4) is 0 Å². The molecular weight excluding hydrogens is 356 g/mol. The first-order valence-electron chi connectivity index (χ1n) is 10.3. The van der Waals surface area contributed by atoms with Crippen LogP contribution in [0.5, 0.6) is 5.75 Å². The van der Waals surface area contributed by atoms with Crippen molar-refractivity contribution in [2.75, 3.05) is 11.4 Å². The molecule has 3 aliphatic rings. The summed E-state index contributed by atoms with van der Waals surface area (Å²) in [6.45, 7) is 5.16. The Morgan fingerprint density at radius 3 is 2.71 bits per heavy atom. The molecule has 2 amide bonds. The number of hydrogen-bond donors (Lipinski definition) is 1. The Bertz CT molecular complexity index is 821. The van der Waals surface area contributed by atoms with Gasteiger partial charge < -0.3 is 10.1 Å². The van der Waals surface area contributed by atoms with E-state index < -0.39 is 6.10 Å². The molecule has 28 heavy (non-hydrogen) atoms. The smallest absolute Gasteiger partial charge is 0.268 e. The standard InChI is InChI=1S/C22H28N2O4/c1-12(18-9-15-4-5-17(18)8-15)23-21(26)11-24-19-10-16(13(2)25)6-7-20(19)28-14(3)22(24)27/h6-7,10,12,14-15,17-18H,4-5,8-9,11H2,1-3H3,(H,23,26). The van der Waals surface area contributed by atoms with Crippen LogP contribution in [-0.4, -0.2) is 36.3 Å². The number of carbonyl (C=O) groups excluding carboxylic acids is 3. The van der Waals surface area contributed by atoms with Crippen LogP contribution in [0.1, 0.15) is 56.8 Å². The number of rotatable bonds is 5. The summed E-state index contributed by atoms with van der Waals surface area (Å²) in [6.07, 6.45) is 4.44. The maximum Gasteiger partial charge on any atom is 0.268 e. The molecule has 0 spiro atoms. The van der Waals surface area contributed by atoms with Crippen molar-refractivity contribution in [2.24, 2.45) is 17.8 Å². The molecule has 2 saturated carbocycles. The maximum absolute atomic E-state index is 12.8. The lowest BCUT2D eigenvalue weighted by atomic mass is 9.84. The maximum atomic E-state index is 12.8. The van der Waals surface area contributed by atoms with Crippen LogP contribution < -0.4 is 15.0 Å². The van der Waals surface area contributed by atoms with Crippen LogP contribution in [0, 0.1) is 17.8 Å². The van der Waals surface area contributed by atoms with E-state index in [9.17, 15) is 14.4 Å². The Morgan fingerprint density at radius 2 is 2.07 bits per heavy atom. The van der Waals surface area contributed by atoms with Crippen molar-refractivity contribution in [3.05, 3.63) is 23.8 Å². The zero-order valence-electron chi connectivity index (χ0n) is 16.7. The Balaban J connectivity index is 1.48. The van der Waals surface area contributed by atoms with E-state index in [2.05, 4.69) is 12.2 Å².